The van der Waals surface area contributed by atoms with Crippen molar-refractivity contribution in [1.29, 1.82) is 0 Å². The number of nitrogens with one attached hydrogen (secondary N) is 1. The van der Waals surface area contributed by atoms with Crippen LogP contribution in [0.1, 0.15) is 40.5 Å². The minimum Gasteiger partial charge on any atom is -0.372 e. The zero-order chi connectivity index (χ0) is 14.5. The van der Waals surface area contributed by atoms with Gasteiger partial charge < -0.3 is 14.8 Å². The van der Waals surface area contributed by atoms with E-state index < -0.39 is 0 Å². The molecule has 4 unspecified atom stereocenters. The lowest BCUT2D eigenvalue weighted by Gasteiger charge is -2.38. The highest BCUT2D eigenvalue weighted by atomic mass is 16.5. The normalized spacial score (nSPS) is 43.0. The molecule has 116 valence electrons. The van der Waals surface area contributed by atoms with E-state index in [0.717, 1.165) is 19.6 Å². The summed E-state index contributed by atoms with van der Waals surface area (Å²) in [5.74, 6) is 0.514. The van der Waals surface area contributed by atoms with Crippen molar-refractivity contribution in [3.05, 3.63) is 0 Å². The van der Waals surface area contributed by atoms with Gasteiger partial charge in [0.15, 0.2) is 0 Å². The molecule has 0 radical (unpaired) electrons. The van der Waals surface area contributed by atoms with Crippen LogP contribution in [-0.4, -0.2) is 61.0 Å². The Morgan fingerprint density at radius 1 is 1.05 bits per heavy atom. The van der Waals surface area contributed by atoms with Crippen LogP contribution in [0, 0.1) is 5.92 Å². The molecule has 0 spiro atoms. The average Bonchev–Trinajstić information content (AvgIpc) is 2.74. The maximum atomic E-state index is 6.34. The smallest absolute Gasteiger partial charge is 0.0790 e. The minimum absolute atomic E-state index is 0.0749. The summed E-state index contributed by atoms with van der Waals surface area (Å²) >= 11 is 0. The van der Waals surface area contributed by atoms with E-state index in [0.29, 0.717) is 24.2 Å². The highest BCUT2D eigenvalue weighted by Crippen LogP contribution is 2.43. The number of rotatable bonds is 3. The van der Waals surface area contributed by atoms with Crippen LogP contribution in [0.3, 0.4) is 0 Å². The molecule has 4 atom stereocenters. The third-order valence-electron chi connectivity index (χ3n) is 5.46. The van der Waals surface area contributed by atoms with Gasteiger partial charge >= 0.3 is 0 Å². The van der Waals surface area contributed by atoms with E-state index in [9.17, 15) is 0 Å². The number of likely N-dealkylation sites (tertiary alicyclic amines) is 1. The van der Waals surface area contributed by atoms with Gasteiger partial charge in [0.05, 0.1) is 23.4 Å². The van der Waals surface area contributed by atoms with Crippen molar-refractivity contribution in [2.45, 2.75) is 70.0 Å². The van der Waals surface area contributed by atoms with Crippen LogP contribution in [0.15, 0.2) is 0 Å². The lowest BCUT2D eigenvalue weighted by Crippen LogP contribution is -2.52. The van der Waals surface area contributed by atoms with Gasteiger partial charge in [0, 0.05) is 31.6 Å². The van der Waals surface area contributed by atoms with E-state index in [1.165, 1.54) is 12.8 Å². The van der Waals surface area contributed by atoms with E-state index in [-0.39, 0.29) is 11.2 Å². The number of morpholine rings is 1. The topological polar surface area (TPSA) is 33.7 Å². The second kappa shape index (κ2) is 4.94. The van der Waals surface area contributed by atoms with Gasteiger partial charge in [-0.15, -0.1) is 0 Å². The molecule has 3 aliphatic rings. The fraction of sp³-hybridized carbons (Fsp3) is 1.00. The standard InChI is InChI=1S/C16H30N2O2/c1-15(2)13(14(17-5)16(3,4)20-15)10-18-8-11-6-7-12(9-18)19-11/h11-14,17H,6-10H2,1-5H3. The Kier molecular flexibility index (Phi) is 3.65. The molecule has 20 heavy (non-hydrogen) atoms. The molecule has 3 fully saturated rings. The lowest BCUT2D eigenvalue weighted by atomic mass is 9.82. The first-order valence-corrected chi connectivity index (χ1v) is 8.07. The molecule has 0 aromatic carbocycles. The summed E-state index contributed by atoms with van der Waals surface area (Å²) in [6, 6.07) is 0.401. The molecule has 0 saturated carbocycles. The summed E-state index contributed by atoms with van der Waals surface area (Å²) < 4.78 is 12.3. The maximum absolute atomic E-state index is 6.34. The number of fused-ring (bicyclic) bond motifs is 2. The molecular weight excluding hydrogens is 252 g/mol. The molecule has 0 aromatic rings. The van der Waals surface area contributed by atoms with Crippen molar-refractivity contribution >= 4 is 0 Å². The molecule has 2 bridgehead atoms. The third-order valence-corrected chi connectivity index (χ3v) is 5.46. The van der Waals surface area contributed by atoms with Crippen LogP contribution >= 0.6 is 0 Å². The van der Waals surface area contributed by atoms with E-state index in [4.69, 9.17) is 9.47 Å². The highest BCUT2D eigenvalue weighted by Gasteiger charge is 2.53. The van der Waals surface area contributed by atoms with Crippen molar-refractivity contribution < 1.29 is 9.47 Å². The molecular formula is C16H30N2O2. The summed E-state index contributed by atoms with van der Waals surface area (Å²) in [6.45, 7) is 12.2. The van der Waals surface area contributed by atoms with Crippen molar-refractivity contribution in [3.8, 4) is 0 Å². The van der Waals surface area contributed by atoms with Crippen molar-refractivity contribution in [2.24, 2.45) is 5.92 Å². The molecule has 3 aliphatic heterocycles. The molecule has 3 saturated heterocycles. The zero-order valence-electron chi connectivity index (χ0n) is 13.6. The summed E-state index contributed by atoms with van der Waals surface area (Å²) in [5.41, 5.74) is -0.178. The molecule has 1 N–H and O–H groups in total. The summed E-state index contributed by atoms with van der Waals surface area (Å²) in [6.07, 6.45) is 3.43. The Labute approximate surface area is 123 Å². The molecule has 0 amide bonds. The van der Waals surface area contributed by atoms with Gasteiger partial charge in [-0.2, -0.15) is 0 Å². The van der Waals surface area contributed by atoms with E-state index in [2.05, 4.69) is 45.0 Å². The molecule has 3 rings (SSSR count). The molecule has 3 heterocycles. The quantitative estimate of drug-likeness (QED) is 0.853. The second-order valence-electron chi connectivity index (χ2n) is 7.86. The first-order chi connectivity index (χ1) is 9.32. The van der Waals surface area contributed by atoms with E-state index in [1.807, 2.05) is 0 Å². The highest BCUT2D eigenvalue weighted by molar-refractivity contribution is 5.06. The van der Waals surface area contributed by atoms with Gasteiger partial charge in [-0.05, 0) is 47.6 Å². The number of nitrogens with zero attached hydrogens (tertiary/aromatic N) is 1. The van der Waals surface area contributed by atoms with Crippen LogP contribution in [0.5, 0.6) is 0 Å². The fourth-order valence-electron chi connectivity index (χ4n) is 4.70. The molecule has 4 nitrogen and oxygen atoms in total. The van der Waals surface area contributed by atoms with Crippen LogP contribution in [0.25, 0.3) is 0 Å². The number of hydrogen-bond acceptors (Lipinski definition) is 4. The van der Waals surface area contributed by atoms with Gasteiger partial charge in [-0.25, -0.2) is 0 Å². The number of likely N-dealkylation sites (N-methyl/N-ethyl adjacent to an activating group) is 1. The summed E-state index contributed by atoms with van der Waals surface area (Å²) in [7, 11) is 2.06. The van der Waals surface area contributed by atoms with Crippen molar-refractivity contribution in [2.75, 3.05) is 26.7 Å². The van der Waals surface area contributed by atoms with E-state index >= 15 is 0 Å². The first kappa shape index (κ1) is 14.8. The van der Waals surface area contributed by atoms with Gasteiger partial charge in [0.1, 0.15) is 0 Å². The summed E-state index contributed by atoms with van der Waals surface area (Å²) in [4.78, 5) is 2.60. The largest absolute Gasteiger partial charge is 0.372 e. The van der Waals surface area contributed by atoms with Crippen molar-refractivity contribution in [3.63, 3.8) is 0 Å². The predicted molar refractivity (Wildman–Crippen MR) is 79.9 cm³/mol. The van der Waals surface area contributed by atoms with Gasteiger partial charge in [0.2, 0.25) is 0 Å². The average molecular weight is 282 g/mol. The monoisotopic (exact) mass is 282 g/mol. The van der Waals surface area contributed by atoms with Crippen LogP contribution in [-0.2, 0) is 9.47 Å². The Morgan fingerprint density at radius 3 is 2.20 bits per heavy atom. The number of hydrogen-bond donors (Lipinski definition) is 1. The van der Waals surface area contributed by atoms with Crippen molar-refractivity contribution in [1.82, 2.24) is 10.2 Å². The second-order valence-corrected chi connectivity index (χ2v) is 7.86. The van der Waals surface area contributed by atoms with E-state index in [1.54, 1.807) is 0 Å². The Balaban J connectivity index is 1.71. The molecule has 0 aliphatic carbocycles. The maximum Gasteiger partial charge on any atom is 0.0790 e. The summed E-state index contributed by atoms with van der Waals surface area (Å²) in [5, 5.41) is 3.50. The zero-order valence-corrected chi connectivity index (χ0v) is 13.6. The van der Waals surface area contributed by atoms with Crippen LogP contribution in [0.4, 0.5) is 0 Å². The van der Waals surface area contributed by atoms with Gasteiger partial charge in [0.25, 0.3) is 0 Å². The predicted octanol–water partition coefficient (Wildman–Crippen LogP) is 1.64. The Bertz CT molecular complexity index is 357. The van der Waals surface area contributed by atoms with Gasteiger partial charge in [-0.3, -0.25) is 4.90 Å². The lowest BCUT2D eigenvalue weighted by molar-refractivity contribution is -0.0855. The van der Waals surface area contributed by atoms with Crippen LogP contribution in [0.2, 0.25) is 0 Å². The number of ether oxygens (including phenoxy) is 2. The van der Waals surface area contributed by atoms with Crippen LogP contribution < -0.4 is 5.32 Å². The first-order valence-electron chi connectivity index (χ1n) is 8.07. The molecule has 0 aromatic heterocycles. The van der Waals surface area contributed by atoms with Gasteiger partial charge in [-0.1, -0.05) is 0 Å². The third kappa shape index (κ3) is 2.52. The molecule has 4 heteroatoms. The minimum atomic E-state index is -0.103. The Morgan fingerprint density at radius 2 is 1.65 bits per heavy atom. The SMILES string of the molecule is CNC1C(CN2CC3CCC(C2)O3)C(C)(C)OC1(C)C. The fourth-order valence-corrected chi connectivity index (χ4v) is 4.70. The Hall–Kier alpha value is -0.160.